The van der Waals surface area contributed by atoms with Crippen molar-refractivity contribution in [3.63, 3.8) is 0 Å². The van der Waals surface area contributed by atoms with Crippen LogP contribution in [0.1, 0.15) is 65.2 Å². The molecule has 0 saturated heterocycles. The summed E-state index contributed by atoms with van der Waals surface area (Å²) in [5.74, 6) is -1.18. The smallest absolute Gasteiger partial charge is 0.334 e. The van der Waals surface area contributed by atoms with E-state index in [2.05, 4.69) is 20.1 Å². The molecule has 3 heteroatoms. The van der Waals surface area contributed by atoms with Crippen LogP contribution in [0.25, 0.3) is 0 Å². The zero-order chi connectivity index (χ0) is 14.9. The largest absolute Gasteiger partial charge is 0.478 e. The van der Waals surface area contributed by atoms with Crippen LogP contribution in [0.4, 0.5) is 0 Å². The van der Waals surface area contributed by atoms with E-state index in [0.717, 1.165) is 12.8 Å². The number of hydrogen-bond acceptors (Lipinski definition) is 2. The summed E-state index contributed by atoms with van der Waals surface area (Å²) in [6.45, 7) is 10.9. The van der Waals surface area contributed by atoms with Crippen LogP contribution in [0, 0.1) is 0 Å². The van der Waals surface area contributed by atoms with Crippen LogP contribution in [0.2, 0.25) is 0 Å². The molecule has 0 heterocycles. The number of aliphatic hydroxyl groups is 1. The minimum Gasteiger partial charge on any atom is -0.478 e. The van der Waals surface area contributed by atoms with E-state index in [4.69, 9.17) is 5.11 Å². The first-order valence-corrected chi connectivity index (χ1v) is 7.17. The number of hydrogen-bond donors (Lipinski definition) is 2. The summed E-state index contributed by atoms with van der Waals surface area (Å²) in [4.78, 5) is 10.8. The van der Waals surface area contributed by atoms with Crippen molar-refractivity contribution < 1.29 is 15.0 Å². The molecule has 0 fully saturated rings. The summed E-state index contributed by atoms with van der Waals surface area (Å²) in [6.07, 6.45) is 8.94. The van der Waals surface area contributed by atoms with Crippen LogP contribution < -0.4 is 0 Å². The molecule has 0 saturated carbocycles. The molecular weight excluding hydrogens is 240 g/mol. The lowest BCUT2D eigenvalue weighted by molar-refractivity contribution is -0.134. The van der Waals surface area contributed by atoms with E-state index in [0.29, 0.717) is 12.0 Å². The maximum Gasteiger partial charge on any atom is 0.334 e. The molecule has 3 nitrogen and oxygen atoms in total. The highest BCUT2D eigenvalue weighted by Crippen LogP contribution is 2.27. The lowest BCUT2D eigenvalue weighted by Crippen LogP contribution is -2.32. The highest BCUT2D eigenvalue weighted by Gasteiger charge is 2.31. The Kier molecular flexibility index (Phi) is 8.41. The van der Waals surface area contributed by atoms with E-state index in [1.54, 1.807) is 0 Å². The average Bonchev–Trinajstić information content (AvgIpc) is 2.36. The number of carboxylic acid groups (broad SMARTS) is 1. The molecule has 1 unspecified atom stereocenters. The van der Waals surface area contributed by atoms with E-state index >= 15 is 0 Å². The molecule has 19 heavy (non-hydrogen) atoms. The van der Waals surface area contributed by atoms with Gasteiger partial charge in [-0.3, -0.25) is 0 Å². The van der Waals surface area contributed by atoms with Gasteiger partial charge in [0, 0.05) is 0 Å². The Balaban J connectivity index is 3.91. The molecule has 0 spiro atoms. The molecule has 0 aromatic carbocycles. The second-order valence-electron chi connectivity index (χ2n) is 5.33. The SMILES string of the molecule is C=C(CCCCCCCCC)C(C)(O)C(=C)C(=O)O. The van der Waals surface area contributed by atoms with Crippen LogP contribution >= 0.6 is 0 Å². The first-order chi connectivity index (χ1) is 8.84. The first-order valence-electron chi connectivity index (χ1n) is 7.17. The third-order valence-corrected chi connectivity index (χ3v) is 3.62. The highest BCUT2D eigenvalue weighted by molar-refractivity contribution is 5.89. The van der Waals surface area contributed by atoms with Crippen molar-refractivity contribution in [3.05, 3.63) is 24.3 Å². The van der Waals surface area contributed by atoms with Crippen LogP contribution in [0.3, 0.4) is 0 Å². The van der Waals surface area contributed by atoms with Gasteiger partial charge in [-0.25, -0.2) is 4.79 Å². The van der Waals surface area contributed by atoms with E-state index in [9.17, 15) is 9.90 Å². The van der Waals surface area contributed by atoms with Gasteiger partial charge in [0.05, 0.1) is 5.57 Å². The Bertz CT molecular complexity index is 316. The Morgan fingerprint density at radius 1 is 1.05 bits per heavy atom. The van der Waals surface area contributed by atoms with Gasteiger partial charge in [0.2, 0.25) is 0 Å². The summed E-state index contributed by atoms with van der Waals surface area (Å²) < 4.78 is 0. The highest BCUT2D eigenvalue weighted by atomic mass is 16.4. The maximum atomic E-state index is 10.8. The van der Waals surface area contributed by atoms with Crippen molar-refractivity contribution in [1.82, 2.24) is 0 Å². The number of carbonyl (C=O) groups is 1. The fourth-order valence-corrected chi connectivity index (χ4v) is 1.96. The van der Waals surface area contributed by atoms with Gasteiger partial charge in [-0.1, -0.05) is 58.6 Å². The Hall–Kier alpha value is -1.09. The van der Waals surface area contributed by atoms with Gasteiger partial charge in [-0.15, -0.1) is 0 Å². The Morgan fingerprint density at radius 3 is 2.00 bits per heavy atom. The molecule has 0 radical (unpaired) electrons. The molecule has 0 aromatic rings. The van der Waals surface area contributed by atoms with E-state index in [1.165, 1.54) is 39.0 Å². The predicted molar refractivity (Wildman–Crippen MR) is 79.1 cm³/mol. The fourth-order valence-electron chi connectivity index (χ4n) is 1.96. The summed E-state index contributed by atoms with van der Waals surface area (Å²) in [5.41, 5.74) is -1.18. The number of rotatable bonds is 11. The number of aliphatic carboxylic acids is 1. The molecule has 0 rings (SSSR count). The van der Waals surface area contributed by atoms with Crippen LogP contribution in [0.15, 0.2) is 24.3 Å². The van der Waals surface area contributed by atoms with Crippen molar-refractivity contribution in [2.45, 2.75) is 70.8 Å². The first kappa shape index (κ1) is 17.9. The van der Waals surface area contributed by atoms with Gasteiger partial charge in [-0.2, -0.15) is 0 Å². The van der Waals surface area contributed by atoms with Crippen molar-refractivity contribution in [2.24, 2.45) is 0 Å². The van der Waals surface area contributed by atoms with E-state index < -0.39 is 11.6 Å². The number of carboxylic acids is 1. The zero-order valence-corrected chi connectivity index (χ0v) is 12.4. The minimum absolute atomic E-state index is 0.208. The van der Waals surface area contributed by atoms with Crippen molar-refractivity contribution >= 4 is 5.97 Å². The summed E-state index contributed by atoms with van der Waals surface area (Å²) in [5, 5.41) is 19.0. The predicted octanol–water partition coefficient (Wildman–Crippen LogP) is 4.08. The third-order valence-electron chi connectivity index (χ3n) is 3.62. The standard InChI is InChI=1S/C16H28O3/c1-5-6-7-8-9-10-11-12-13(2)16(4,19)14(3)15(17)18/h19H,2-3,5-12H2,1,4H3,(H,17,18). The minimum atomic E-state index is -1.51. The summed E-state index contributed by atoms with van der Waals surface area (Å²) in [7, 11) is 0. The van der Waals surface area contributed by atoms with Crippen molar-refractivity contribution in [1.29, 1.82) is 0 Å². The van der Waals surface area contributed by atoms with E-state index in [1.807, 2.05) is 0 Å². The van der Waals surface area contributed by atoms with Crippen LogP contribution in [-0.4, -0.2) is 21.8 Å². The lowest BCUT2D eigenvalue weighted by atomic mass is 9.86. The zero-order valence-electron chi connectivity index (χ0n) is 12.4. The molecule has 110 valence electrons. The maximum absolute atomic E-state index is 10.8. The molecule has 0 aromatic heterocycles. The van der Waals surface area contributed by atoms with Crippen LogP contribution in [0.5, 0.6) is 0 Å². The normalized spacial score (nSPS) is 13.8. The molecule has 1 atom stereocenters. The molecule has 0 aliphatic rings. The van der Waals surface area contributed by atoms with Gasteiger partial charge in [0.25, 0.3) is 0 Å². The average molecular weight is 268 g/mol. The summed E-state index contributed by atoms with van der Waals surface area (Å²) >= 11 is 0. The third kappa shape index (κ3) is 6.58. The molecule has 0 aliphatic heterocycles. The molecule has 0 aliphatic carbocycles. The second-order valence-corrected chi connectivity index (χ2v) is 5.33. The van der Waals surface area contributed by atoms with E-state index in [-0.39, 0.29) is 5.57 Å². The number of unbranched alkanes of at least 4 members (excludes halogenated alkanes) is 6. The topological polar surface area (TPSA) is 57.5 Å². The molecule has 0 amide bonds. The van der Waals surface area contributed by atoms with Gasteiger partial charge < -0.3 is 10.2 Å². The second kappa shape index (κ2) is 8.92. The van der Waals surface area contributed by atoms with Gasteiger partial charge in [-0.05, 0) is 25.3 Å². The van der Waals surface area contributed by atoms with Gasteiger partial charge in [0.15, 0.2) is 0 Å². The van der Waals surface area contributed by atoms with Gasteiger partial charge >= 0.3 is 5.97 Å². The van der Waals surface area contributed by atoms with Crippen molar-refractivity contribution in [3.8, 4) is 0 Å². The quantitative estimate of drug-likeness (QED) is 0.337. The molecular formula is C16H28O3. The van der Waals surface area contributed by atoms with Crippen molar-refractivity contribution in [2.75, 3.05) is 0 Å². The Labute approximate surface area is 117 Å². The summed E-state index contributed by atoms with van der Waals surface area (Å²) in [6, 6.07) is 0. The fraction of sp³-hybridized carbons (Fsp3) is 0.688. The molecule has 0 bridgehead atoms. The Morgan fingerprint density at radius 2 is 1.53 bits per heavy atom. The molecule has 2 N–H and O–H groups in total. The lowest BCUT2D eigenvalue weighted by Gasteiger charge is -2.26. The monoisotopic (exact) mass is 268 g/mol. The van der Waals surface area contributed by atoms with Gasteiger partial charge in [0.1, 0.15) is 5.60 Å². The van der Waals surface area contributed by atoms with Crippen LogP contribution in [-0.2, 0) is 4.79 Å².